The minimum Gasteiger partial charge on any atom is -0.444 e. The van der Waals surface area contributed by atoms with Crippen LogP contribution in [0, 0.1) is 11.3 Å². The number of fused-ring (bicyclic) bond motifs is 3. The molecule has 2 aliphatic rings. The third-order valence-corrected chi connectivity index (χ3v) is 7.63. The van der Waals surface area contributed by atoms with Crippen LogP contribution in [0.1, 0.15) is 48.0 Å². The SMILES string of the molecule is CC(C)(C)OC(=O)N1CCN(C(=O)Oc2cnc(-c3cccc(Cn4c5c(ccc4=O)-c4cc(C#N)ccc4C5=O)c3)nc2)CC1. The summed E-state index contributed by atoms with van der Waals surface area (Å²) in [6, 6.07) is 17.3. The molecule has 1 aliphatic carbocycles. The summed E-state index contributed by atoms with van der Waals surface area (Å²) in [7, 11) is 0. The number of carbonyl (C=O) groups excluding carboxylic acids is 3. The first-order valence-corrected chi connectivity index (χ1v) is 14.7. The molecule has 2 aromatic heterocycles. The number of carbonyl (C=O) groups is 3. The molecule has 1 aliphatic heterocycles. The summed E-state index contributed by atoms with van der Waals surface area (Å²) in [6.07, 6.45) is 1.83. The molecule has 46 heavy (non-hydrogen) atoms. The third kappa shape index (κ3) is 6.08. The van der Waals surface area contributed by atoms with Gasteiger partial charge in [-0.3, -0.25) is 9.59 Å². The predicted molar refractivity (Wildman–Crippen MR) is 166 cm³/mol. The Hall–Kier alpha value is -5.83. The molecule has 12 nitrogen and oxygen atoms in total. The summed E-state index contributed by atoms with van der Waals surface area (Å²) >= 11 is 0. The first-order chi connectivity index (χ1) is 22.0. The van der Waals surface area contributed by atoms with Crippen molar-refractivity contribution in [2.24, 2.45) is 0 Å². The van der Waals surface area contributed by atoms with Crippen LogP contribution in [0.3, 0.4) is 0 Å². The second-order valence-electron chi connectivity index (χ2n) is 12.0. The quantitative estimate of drug-likeness (QED) is 0.284. The maximum absolute atomic E-state index is 13.3. The highest BCUT2D eigenvalue weighted by Gasteiger charge is 2.31. The normalized spacial score (nSPS) is 13.9. The smallest absolute Gasteiger partial charge is 0.415 e. The van der Waals surface area contributed by atoms with Crippen molar-refractivity contribution in [1.82, 2.24) is 24.3 Å². The molecular weight excluding hydrogens is 588 g/mol. The molecule has 0 atom stereocenters. The van der Waals surface area contributed by atoms with Crippen molar-refractivity contribution in [1.29, 1.82) is 5.26 Å². The van der Waals surface area contributed by atoms with E-state index >= 15 is 0 Å². The van der Waals surface area contributed by atoms with Gasteiger partial charge >= 0.3 is 12.2 Å². The number of nitrogens with zero attached hydrogens (tertiary/aromatic N) is 6. The maximum Gasteiger partial charge on any atom is 0.415 e. The number of rotatable bonds is 4. The number of amides is 2. The first-order valence-electron chi connectivity index (χ1n) is 14.7. The van der Waals surface area contributed by atoms with Crippen molar-refractivity contribution >= 4 is 18.0 Å². The van der Waals surface area contributed by atoms with Crippen LogP contribution in [-0.2, 0) is 11.3 Å². The molecule has 0 unspecified atom stereocenters. The largest absolute Gasteiger partial charge is 0.444 e. The number of hydrogen-bond donors (Lipinski definition) is 0. The number of ketones is 1. The van der Waals surface area contributed by atoms with Crippen molar-refractivity contribution in [2.75, 3.05) is 26.2 Å². The van der Waals surface area contributed by atoms with Gasteiger partial charge in [0.25, 0.3) is 5.56 Å². The Balaban J connectivity index is 1.13. The van der Waals surface area contributed by atoms with Gasteiger partial charge in [0.1, 0.15) is 11.3 Å². The molecule has 1 fully saturated rings. The zero-order chi connectivity index (χ0) is 32.6. The van der Waals surface area contributed by atoms with Gasteiger partial charge in [0.2, 0.25) is 5.78 Å². The minimum atomic E-state index is -0.597. The third-order valence-electron chi connectivity index (χ3n) is 7.63. The summed E-state index contributed by atoms with van der Waals surface area (Å²) in [5.74, 6) is 0.288. The minimum absolute atomic E-state index is 0.136. The lowest BCUT2D eigenvalue weighted by Crippen LogP contribution is -2.52. The van der Waals surface area contributed by atoms with E-state index in [1.54, 1.807) is 49.9 Å². The van der Waals surface area contributed by atoms with Crippen LogP contribution in [-0.4, -0.2) is 74.1 Å². The predicted octanol–water partition coefficient (Wildman–Crippen LogP) is 4.49. The lowest BCUT2D eigenvalue weighted by atomic mass is 10.0. The summed E-state index contributed by atoms with van der Waals surface area (Å²) in [4.78, 5) is 63.1. The van der Waals surface area contributed by atoms with Crippen molar-refractivity contribution in [2.45, 2.75) is 32.9 Å². The van der Waals surface area contributed by atoms with Gasteiger partial charge in [-0.25, -0.2) is 19.6 Å². The van der Waals surface area contributed by atoms with Crippen molar-refractivity contribution in [3.8, 4) is 34.3 Å². The zero-order valence-electron chi connectivity index (χ0n) is 25.5. The van der Waals surface area contributed by atoms with Crippen LogP contribution in [0.5, 0.6) is 5.75 Å². The van der Waals surface area contributed by atoms with Gasteiger partial charge in [0.15, 0.2) is 11.6 Å². The van der Waals surface area contributed by atoms with Crippen LogP contribution in [0.4, 0.5) is 9.59 Å². The monoisotopic (exact) mass is 618 g/mol. The first kappa shape index (κ1) is 30.2. The van der Waals surface area contributed by atoms with E-state index in [1.807, 2.05) is 24.3 Å². The van der Waals surface area contributed by atoms with E-state index in [2.05, 4.69) is 16.0 Å². The van der Waals surface area contributed by atoms with E-state index < -0.39 is 17.8 Å². The molecule has 1 saturated heterocycles. The molecule has 0 N–H and O–H groups in total. The highest BCUT2D eigenvalue weighted by molar-refractivity contribution is 6.20. The summed E-state index contributed by atoms with van der Waals surface area (Å²) in [5.41, 5.74) is 2.94. The number of piperazine rings is 1. The Labute approximate surface area is 264 Å². The molecule has 3 heterocycles. The summed E-state index contributed by atoms with van der Waals surface area (Å²) in [5, 5.41) is 9.31. The Morgan fingerprint density at radius 1 is 0.870 bits per heavy atom. The van der Waals surface area contributed by atoms with Gasteiger partial charge < -0.3 is 23.8 Å². The Kier molecular flexibility index (Phi) is 7.83. The second-order valence-corrected chi connectivity index (χ2v) is 12.0. The van der Waals surface area contributed by atoms with E-state index in [9.17, 15) is 24.4 Å². The molecule has 4 aromatic rings. The van der Waals surface area contributed by atoms with Crippen LogP contribution < -0.4 is 10.3 Å². The highest BCUT2D eigenvalue weighted by Crippen LogP contribution is 2.36. The lowest BCUT2D eigenvalue weighted by Gasteiger charge is -2.34. The lowest BCUT2D eigenvalue weighted by molar-refractivity contribution is 0.0154. The van der Waals surface area contributed by atoms with E-state index in [1.165, 1.54) is 27.9 Å². The molecule has 232 valence electrons. The van der Waals surface area contributed by atoms with Gasteiger partial charge in [-0.15, -0.1) is 0 Å². The number of ether oxygens (including phenoxy) is 2. The Bertz CT molecular complexity index is 1960. The van der Waals surface area contributed by atoms with Crippen molar-refractivity contribution in [3.05, 3.63) is 99.7 Å². The van der Waals surface area contributed by atoms with Gasteiger partial charge in [-0.05, 0) is 62.2 Å². The number of benzene rings is 2. The van der Waals surface area contributed by atoms with E-state index in [0.717, 1.165) is 5.56 Å². The average Bonchev–Trinajstić information content (AvgIpc) is 3.33. The number of pyridine rings is 1. The molecule has 2 amide bonds. The molecule has 0 spiro atoms. The summed E-state index contributed by atoms with van der Waals surface area (Å²) < 4.78 is 12.3. The Morgan fingerprint density at radius 3 is 2.22 bits per heavy atom. The van der Waals surface area contributed by atoms with E-state index in [-0.39, 0.29) is 29.3 Å². The average molecular weight is 619 g/mol. The van der Waals surface area contributed by atoms with Gasteiger partial charge in [-0.2, -0.15) is 5.26 Å². The second kappa shape index (κ2) is 11.9. The molecule has 2 aromatic carbocycles. The zero-order valence-corrected chi connectivity index (χ0v) is 25.5. The van der Waals surface area contributed by atoms with Gasteiger partial charge in [0, 0.05) is 48.9 Å². The van der Waals surface area contributed by atoms with E-state index in [4.69, 9.17) is 9.47 Å². The standard InChI is InChI=1S/C34H30N6O6/c1-34(2,3)46-33(44)39-13-11-38(12-14-39)32(43)45-24-18-36-31(37-19-24)23-6-4-5-22(15-23)20-40-28(41)10-9-25-27-16-21(17-35)7-8-26(27)30(42)29(25)40/h4-10,15-16,18-19H,11-14,20H2,1-3H3. The fourth-order valence-corrected chi connectivity index (χ4v) is 5.43. The molecular formula is C34H30N6O6. The number of aromatic nitrogens is 3. The number of hydrogen-bond acceptors (Lipinski definition) is 9. The fraction of sp³-hybridized carbons (Fsp3) is 0.265. The van der Waals surface area contributed by atoms with E-state index in [0.29, 0.717) is 59.8 Å². The van der Waals surface area contributed by atoms with Crippen LogP contribution in [0.2, 0.25) is 0 Å². The van der Waals surface area contributed by atoms with Gasteiger partial charge in [0.05, 0.1) is 30.6 Å². The van der Waals surface area contributed by atoms with Gasteiger partial charge in [-0.1, -0.05) is 18.2 Å². The molecule has 0 radical (unpaired) electrons. The van der Waals surface area contributed by atoms with Crippen LogP contribution in [0.25, 0.3) is 22.5 Å². The van der Waals surface area contributed by atoms with Crippen molar-refractivity contribution in [3.63, 3.8) is 0 Å². The molecule has 0 bridgehead atoms. The topological polar surface area (TPSA) is 148 Å². The summed E-state index contributed by atoms with van der Waals surface area (Å²) in [6.45, 7) is 6.81. The number of nitriles is 1. The molecule has 12 heteroatoms. The molecule has 0 saturated carbocycles. The fourth-order valence-electron chi connectivity index (χ4n) is 5.43. The Morgan fingerprint density at radius 2 is 1.54 bits per heavy atom. The molecule has 6 rings (SSSR count). The van der Waals surface area contributed by atoms with Crippen LogP contribution >= 0.6 is 0 Å². The maximum atomic E-state index is 13.3. The highest BCUT2D eigenvalue weighted by atomic mass is 16.6. The van der Waals surface area contributed by atoms with Crippen LogP contribution in [0.15, 0.2) is 71.8 Å². The van der Waals surface area contributed by atoms with Crippen molar-refractivity contribution < 1.29 is 23.9 Å².